The molecule has 6 heteroatoms. The third-order valence-electron chi connectivity index (χ3n) is 13.7. The summed E-state index contributed by atoms with van der Waals surface area (Å²) in [5.74, 6) is -0.866. The van der Waals surface area contributed by atoms with Crippen molar-refractivity contribution in [3.63, 3.8) is 0 Å². The molecule has 1 atom stereocenters. The molecule has 0 saturated carbocycles. The van der Waals surface area contributed by atoms with E-state index in [0.29, 0.717) is 19.3 Å². The normalized spacial score (nSPS) is 12.5. The second-order valence-corrected chi connectivity index (χ2v) is 21.0. The summed E-state index contributed by atoms with van der Waals surface area (Å²) in [6.45, 7) is 6.55. The van der Waals surface area contributed by atoms with Crippen molar-refractivity contribution in [2.45, 2.75) is 322 Å². The molecule has 0 N–H and O–H groups in total. The molecule has 0 aromatic heterocycles. The lowest BCUT2D eigenvalue weighted by molar-refractivity contribution is -0.167. The molecule has 0 rings (SSSR count). The summed E-state index contributed by atoms with van der Waals surface area (Å²) in [6.07, 6.45) is 79.0. The van der Waals surface area contributed by atoms with Crippen LogP contribution in [0.3, 0.4) is 0 Å². The standard InChI is InChI=1S/C67H118O6/c1-4-7-10-13-16-19-22-24-26-28-29-30-31-32-33-34-35-36-37-39-40-42-45-48-51-54-57-60-66(69)72-63-64(62-71-65(68)59-56-53-50-47-44-21-18-15-12-9-6-3)73-67(70)61-58-55-52-49-46-43-41-38-27-25-23-20-17-14-11-8-5-2/h7,10,16,19,24,26,29-30,32-33,35-36,64H,4-6,8-9,11-15,17-18,20-23,25,27-28,31,34,37-63H2,1-3H3/b10-7-,19-16-,26-24-,30-29-,33-32-,36-35-. The summed E-state index contributed by atoms with van der Waals surface area (Å²) in [6, 6.07) is 0. The smallest absolute Gasteiger partial charge is 0.306 e. The number of allylic oxidation sites excluding steroid dienone is 12. The quantitative estimate of drug-likeness (QED) is 0.0261. The number of carbonyl (C=O) groups excluding carboxylic acids is 3. The Kier molecular flexibility index (Phi) is 58.7. The van der Waals surface area contributed by atoms with Crippen molar-refractivity contribution in [3.05, 3.63) is 72.9 Å². The van der Waals surface area contributed by atoms with Gasteiger partial charge in [-0.05, 0) is 70.6 Å². The molecule has 0 amide bonds. The Morgan fingerprint density at radius 1 is 0.288 bits per heavy atom. The SMILES string of the molecule is CC/C=C\C/C=C\C/C=C\C/C=C\C/C=C\C/C=C\CCCCCCCCCCC(=O)OCC(COC(=O)CCCCCCCCCCCCC)OC(=O)CCCCCCCCCCCCCCCCCCC. The van der Waals surface area contributed by atoms with Gasteiger partial charge in [-0.2, -0.15) is 0 Å². The fraction of sp³-hybridized carbons (Fsp3) is 0.776. The first-order valence-corrected chi connectivity index (χ1v) is 31.4. The van der Waals surface area contributed by atoms with Gasteiger partial charge in [0, 0.05) is 19.3 Å². The largest absolute Gasteiger partial charge is 0.462 e. The number of rotatable bonds is 57. The van der Waals surface area contributed by atoms with Crippen molar-refractivity contribution < 1.29 is 28.6 Å². The fourth-order valence-corrected chi connectivity index (χ4v) is 9.04. The Morgan fingerprint density at radius 3 is 0.836 bits per heavy atom. The second kappa shape index (κ2) is 61.4. The van der Waals surface area contributed by atoms with Gasteiger partial charge in [0.2, 0.25) is 0 Å². The first kappa shape index (κ1) is 69.8. The molecular formula is C67H118O6. The summed E-state index contributed by atoms with van der Waals surface area (Å²) in [4.78, 5) is 38.2. The summed E-state index contributed by atoms with van der Waals surface area (Å²) < 4.78 is 16.9. The number of ether oxygens (including phenoxy) is 3. The van der Waals surface area contributed by atoms with Crippen LogP contribution in [0.1, 0.15) is 316 Å². The summed E-state index contributed by atoms with van der Waals surface area (Å²) in [7, 11) is 0. The van der Waals surface area contributed by atoms with Gasteiger partial charge in [-0.3, -0.25) is 14.4 Å². The monoisotopic (exact) mass is 1020 g/mol. The zero-order chi connectivity index (χ0) is 52.9. The molecule has 0 aromatic rings. The second-order valence-electron chi connectivity index (χ2n) is 21.0. The lowest BCUT2D eigenvalue weighted by atomic mass is 10.0. The zero-order valence-electron chi connectivity index (χ0n) is 48.4. The van der Waals surface area contributed by atoms with E-state index in [0.717, 1.165) is 103 Å². The lowest BCUT2D eigenvalue weighted by Gasteiger charge is -2.18. The van der Waals surface area contributed by atoms with Crippen molar-refractivity contribution in [2.75, 3.05) is 13.2 Å². The minimum absolute atomic E-state index is 0.0731. The van der Waals surface area contributed by atoms with E-state index in [1.165, 1.54) is 173 Å². The molecule has 0 spiro atoms. The molecule has 0 aliphatic rings. The number of esters is 3. The van der Waals surface area contributed by atoms with Gasteiger partial charge in [0.1, 0.15) is 13.2 Å². The number of hydrogen-bond donors (Lipinski definition) is 0. The predicted octanol–water partition coefficient (Wildman–Crippen LogP) is 21.3. The van der Waals surface area contributed by atoms with Crippen molar-refractivity contribution in [3.8, 4) is 0 Å². The highest BCUT2D eigenvalue weighted by molar-refractivity contribution is 5.71. The highest BCUT2D eigenvalue weighted by atomic mass is 16.6. The van der Waals surface area contributed by atoms with Gasteiger partial charge in [0.15, 0.2) is 6.10 Å². The van der Waals surface area contributed by atoms with E-state index < -0.39 is 6.10 Å². The average Bonchev–Trinajstić information content (AvgIpc) is 3.39. The molecule has 0 aliphatic carbocycles. The molecule has 73 heavy (non-hydrogen) atoms. The number of unbranched alkanes of at least 4 members (excludes halogenated alkanes) is 34. The maximum Gasteiger partial charge on any atom is 0.306 e. The van der Waals surface area contributed by atoms with Crippen LogP contribution in [0, 0.1) is 0 Å². The van der Waals surface area contributed by atoms with Crippen molar-refractivity contribution >= 4 is 17.9 Å². The van der Waals surface area contributed by atoms with Crippen LogP contribution in [-0.2, 0) is 28.6 Å². The highest BCUT2D eigenvalue weighted by Gasteiger charge is 2.19. The molecular weight excluding hydrogens is 901 g/mol. The predicted molar refractivity (Wildman–Crippen MR) is 316 cm³/mol. The van der Waals surface area contributed by atoms with Crippen LogP contribution in [0.15, 0.2) is 72.9 Å². The molecule has 0 radical (unpaired) electrons. The van der Waals surface area contributed by atoms with Crippen LogP contribution < -0.4 is 0 Å². The molecule has 0 heterocycles. The van der Waals surface area contributed by atoms with E-state index in [9.17, 15) is 14.4 Å². The van der Waals surface area contributed by atoms with E-state index in [1.54, 1.807) is 0 Å². The van der Waals surface area contributed by atoms with E-state index in [4.69, 9.17) is 14.2 Å². The van der Waals surface area contributed by atoms with Crippen molar-refractivity contribution in [1.82, 2.24) is 0 Å². The number of carbonyl (C=O) groups is 3. The Balaban J connectivity index is 4.26. The third-order valence-corrected chi connectivity index (χ3v) is 13.7. The Morgan fingerprint density at radius 2 is 0.534 bits per heavy atom. The Hall–Kier alpha value is -3.15. The fourth-order valence-electron chi connectivity index (χ4n) is 9.04. The molecule has 6 nitrogen and oxygen atoms in total. The van der Waals surface area contributed by atoms with Gasteiger partial charge in [0.25, 0.3) is 0 Å². The van der Waals surface area contributed by atoms with Crippen LogP contribution in [0.2, 0.25) is 0 Å². The van der Waals surface area contributed by atoms with Crippen LogP contribution in [-0.4, -0.2) is 37.2 Å². The van der Waals surface area contributed by atoms with E-state index in [2.05, 4.69) is 93.7 Å². The maximum atomic E-state index is 12.9. The van der Waals surface area contributed by atoms with E-state index in [-0.39, 0.29) is 31.1 Å². The first-order valence-electron chi connectivity index (χ1n) is 31.4. The van der Waals surface area contributed by atoms with Gasteiger partial charge in [-0.15, -0.1) is 0 Å². The number of hydrogen-bond acceptors (Lipinski definition) is 6. The third kappa shape index (κ3) is 59.6. The molecule has 0 aliphatic heterocycles. The molecule has 0 saturated heterocycles. The van der Waals surface area contributed by atoms with Gasteiger partial charge in [0.05, 0.1) is 0 Å². The zero-order valence-corrected chi connectivity index (χ0v) is 48.4. The van der Waals surface area contributed by atoms with E-state index >= 15 is 0 Å². The van der Waals surface area contributed by atoms with E-state index in [1.807, 2.05) is 0 Å². The van der Waals surface area contributed by atoms with Crippen LogP contribution in [0.25, 0.3) is 0 Å². The Labute approximate surface area is 453 Å². The summed E-state index contributed by atoms with van der Waals surface area (Å²) in [5.41, 5.74) is 0. The molecule has 0 fully saturated rings. The molecule has 422 valence electrons. The minimum Gasteiger partial charge on any atom is -0.462 e. The van der Waals surface area contributed by atoms with Crippen molar-refractivity contribution in [2.24, 2.45) is 0 Å². The van der Waals surface area contributed by atoms with Gasteiger partial charge >= 0.3 is 17.9 Å². The summed E-state index contributed by atoms with van der Waals surface area (Å²) in [5, 5.41) is 0. The van der Waals surface area contributed by atoms with Gasteiger partial charge in [-0.1, -0.05) is 299 Å². The van der Waals surface area contributed by atoms with Crippen LogP contribution >= 0.6 is 0 Å². The first-order chi connectivity index (χ1) is 36.0. The average molecular weight is 1020 g/mol. The molecule has 0 bridgehead atoms. The van der Waals surface area contributed by atoms with Crippen LogP contribution in [0.4, 0.5) is 0 Å². The van der Waals surface area contributed by atoms with Crippen molar-refractivity contribution in [1.29, 1.82) is 0 Å². The lowest BCUT2D eigenvalue weighted by Crippen LogP contribution is -2.30. The van der Waals surface area contributed by atoms with Crippen LogP contribution in [0.5, 0.6) is 0 Å². The molecule has 0 aromatic carbocycles. The molecule has 1 unspecified atom stereocenters. The topological polar surface area (TPSA) is 78.9 Å². The van der Waals surface area contributed by atoms with Gasteiger partial charge < -0.3 is 14.2 Å². The Bertz CT molecular complexity index is 1360. The van der Waals surface area contributed by atoms with Gasteiger partial charge in [-0.25, -0.2) is 0 Å². The maximum absolute atomic E-state index is 12.9. The highest BCUT2D eigenvalue weighted by Crippen LogP contribution is 2.17. The summed E-state index contributed by atoms with van der Waals surface area (Å²) >= 11 is 0. The minimum atomic E-state index is -0.775.